The van der Waals surface area contributed by atoms with Crippen molar-refractivity contribution in [3.8, 4) is 0 Å². The molecule has 0 aromatic carbocycles. The first kappa shape index (κ1) is 13.2. The lowest BCUT2D eigenvalue weighted by molar-refractivity contribution is 0.637. The van der Waals surface area contributed by atoms with Crippen molar-refractivity contribution in [2.24, 2.45) is 5.73 Å². The Labute approximate surface area is 112 Å². The number of hydrogen-bond donors (Lipinski definition) is 1. The smallest absolute Gasteiger partial charge is 0.185 e. The summed E-state index contributed by atoms with van der Waals surface area (Å²) in [5.41, 5.74) is 5.88. The van der Waals surface area contributed by atoms with E-state index >= 15 is 0 Å². The maximum absolute atomic E-state index is 5.88. The van der Waals surface area contributed by atoms with Crippen molar-refractivity contribution < 1.29 is 0 Å². The van der Waals surface area contributed by atoms with E-state index in [4.69, 9.17) is 5.73 Å². The Morgan fingerprint density at radius 3 is 2.88 bits per heavy atom. The lowest BCUT2D eigenvalue weighted by atomic mass is 10.1. The molecule has 1 fully saturated rings. The van der Waals surface area contributed by atoms with Crippen molar-refractivity contribution in [1.29, 1.82) is 0 Å². The highest BCUT2D eigenvalue weighted by Crippen LogP contribution is 2.34. The Bertz CT molecular complexity index is 374. The average molecular weight is 271 g/mol. The van der Waals surface area contributed by atoms with Gasteiger partial charge in [0, 0.05) is 40.7 Å². The van der Waals surface area contributed by atoms with Crippen LogP contribution in [0.15, 0.2) is 6.20 Å². The zero-order valence-corrected chi connectivity index (χ0v) is 12.4. The van der Waals surface area contributed by atoms with Crippen molar-refractivity contribution in [2.45, 2.75) is 38.0 Å². The van der Waals surface area contributed by atoms with Gasteiger partial charge in [0.05, 0.1) is 0 Å². The van der Waals surface area contributed by atoms with Gasteiger partial charge < -0.3 is 10.6 Å². The monoisotopic (exact) mass is 271 g/mol. The molecular formula is C12H21N3S2. The molecule has 0 bridgehead atoms. The summed E-state index contributed by atoms with van der Waals surface area (Å²) < 4.78 is 0.399. The number of hydrogen-bond acceptors (Lipinski definition) is 5. The van der Waals surface area contributed by atoms with Crippen LogP contribution in [0.3, 0.4) is 0 Å². The first-order valence-electron chi connectivity index (χ1n) is 6.08. The van der Waals surface area contributed by atoms with Crippen LogP contribution in [0.5, 0.6) is 0 Å². The number of thioether (sulfide) groups is 1. The van der Waals surface area contributed by atoms with Crippen LogP contribution in [0.1, 0.15) is 38.1 Å². The highest BCUT2D eigenvalue weighted by Gasteiger charge is 2.24. The third kappa shape index (κ3) is 3.36. The molecule has 17 heavy (non-hydrogen) atoms. The van der Waals surface area contributed by atoms with Crippen LogP contribution in [0.2, 0.25) is 0 Å². The van der Waals surface area contributed by atoms with Crippen molar-refractivity contribution in [3.63, 3.8) is 0 Å². The highest BCUT2D eigenvalue weighted by molar-refractivity contribution is 8.00. The molecule has 2 heterocycles. The molecule has 1 aromatic rings. The molecule has 1 saturated heterocycles. The van der Waals surface area contributed by atoms with E-state index in [2.05, 4.69) is 35.5 Å². The molecule has 1 atom stereocenters. The van der Waals surface area contributed by atoms with Gasteiger partial charge in [-0.1, -0.05) is 13.8 Å². The average Bonchev–Trinajstić information content (AvgIpc) is 2.65. The summed E-state index contributed by atoms with van der Waals surface area (Å²) in [4.78, 5) is 8.08. The van der Waals surface area contributed by atoms with Crippen LogP contribution in [-0.4, -0.2) is 28.6 Å². The fourth-order valence-electron chi connectivity index (χ4n) is 1.85. The first-order valence-corrected chi connectivity index (χ1v) is 7.88. The lowest BCUT2D eigenvalue weighted by Gasteiger charge is -2.22. The SMILES string of the molecule is CC(N)c1cnc(N2CCSC(C)(C)CC2)s1. The van der Waals surface area contributed by atoms with E-state index in [9.17, 15) is 0 Å². The standard InChI is InChI=1S/C12H21N3S2/c1-9(13)10-8-14-11(17-10)15-5-4-12(2,3)16-7-6-15/h8-9H,4-7,13H2,1-3H3. The van der Waals surface area contributed by atoms with E-state index in [1.54, 1.807) is 11.3 Å². The van der Waals surface area contributed by atoms with Crippen LogP contribution >= 0.6 is 23.1 Å². The minimum atomic E-state index is 0.0963. The van der Waals surface area contributed by atoms with Gasteiger partial charge in [0.25, 0.3) is 0 Å². The molecule has 0 spiro atoms. The summed E-state index contributed by atoms with van der Waals surface area (Å²) in [7, 11) is 0. The van der Waals surface area contributed by atoms with Crippen molar-refractivity contribution >= 4 is 28.2 Å². The topological polar surface area (TPSA) is 42.1 Å². The van der Waals surface area contributed by atoms with Crippen LogP contribution in [0.4, 0.5) is 5.13 Å². The Balaban J connectivity index is 2.06. The fourth-order valence-corrected chi connectivity index (χ4v) is 3.86. The molecule has 1 aliphatic rings. The molecule has 3 nitrogen and oxygen atoms in total. The van der Waals surface area contributed by atoms with Gasteiger partial charge in [0.15, 0.2) is 5.13 Å². The quantitative estimate of drug-likeness (QED) is 0.898. The van der Waals surface area contributed by atoms with Gasteiger partial charge in [-0.05, 0) is 13.3 Å². The molecule has 0 amide bonds. The minimum absolute atomic E-state index is 0.0963. The number of nitrogens with zero attached hydrogens (tertiary/aromatic N) is 2. The third-order valence-corrected chi connectivity index (χ3v) is 5.70. The van der Waals surface area contributed by atoms with Crippen LogP contribution < -0.4 is 10.6 Å². The summed E-state index contributed by atoms with van der Waals surface area (Å²) in [5.74, 6) is 1.18. The minimum Gasteiger partial charge on any atom is -0.347 e. The van der Waals surface area contributed by atoms with Gasteiger partial charge in [-0.2, -0.15) is 11.8 Å². The van der Waals surface area contributed by atoms with E-state index in [0.717, 1.165) is 18.2 Å². The van der Waals surface area contributed by atoms with E-state index in [-0.39, 0.29) is 6.04 Å². The van der Waals surface area contributed by atoms with Gasteiger partial charge in [-0.3, -0.25) is 0 Å². The number of nitrogens with two attached hydrogens (primary N) is 1. The molecule has 0 radical (unpaired) electrons. The second-order valence-corrected chi connectivity index (χ2v) is 8.02. The second-order valence-electron chi connectivity index (χ2n) is 5.18. The molecule has 2 rings (SSSR count). The van der Waals surface area contributed by atoms with E-state index < -0.39 is 0 Å². The van der Waals surface area contributed by atoms with E-state index in [1.807, 2.05) is 13.1 Å². The zero-order chi connectivity index (χ0) is 12.5. The summed E-state index contributed by atoms with van der Waals surface area (Å²) >= 11 is 3.80. The van der Waals surface area contributed by atoms with E-state index in [1.165, 1.54) is 17.1 Å². The second kappa shape index (κ2) is 5.16. The summed E-state index contributed by atoms with van der Waals surface area (Å²) in [6.07, 6.45) is 3.14. The van der Waals surface area contributed by atoms with Crippen LogP contribution in [0.25, 0.3) is 0 Å². The van der Waals surface area contributed by atoms with Crippen LogP contribution in [0, 0.1) is 0 Å². The summed E-state index contributed by atoms with van der Waals surface area (Å²) in [5, 5.41) is 1.13. The van der Waals surface area contributed by atoms with Gasteiger partial charge in [0.2, 0.25) is 0 Å². The fraction of sp³-hybridized carbons (Fsp3) is 0.750. The molecule has 0 saturated carbocycles. The van der Waals surface area contributed by atoms with Gasteiger partial charge in [-0.15, -0.1) is 11.3 Å². The van der Waals surface area contributed by atoms with Gasteiger partial charge in [-0.25, -0.2) is 4.98 Å². The highest BCUT2D eigenvalue weighted by atomic mass is 32.2. The normalized spacial score (nSPS) is 22.2. The number of anilines is 1. The molecule has 1 aliphatic heterocycles. The number of aromatic nitrogens is 1. The summed E-state index contributed by atoms with van der Waals surface area (Å²) in [6.45, 7) is 8.87. The van der Waals surface area contributed by atoms with Crippen molar-refractivity contribution in [1.82, 2.24) is 4.98 Å². The predicted octanol–water partition coefficient (Wildman–Crippen LogP) is 2.88. The molecule has 96 valence electrons. The molecule has 2 N–H and O–H groups in total. The number of thiazole rings is 1. The Kier molecular flexibility index (Phi) is 4.00. The van der Waals surface area contributed by atoms with Crippen molar-refractivity contribution in [2.75, 3.05) is 23.7 Å². The third-order valence-electron chi connectivity index (χ3n) is 3.07. The van der Waals surface area contributed by atoms with Gasteiger partial charge >= 0.3 is 0 Å². The number of rotatable bonds is 2. The lowest BCUT2D eigenvalue weighted by Crippen LogP contribution is -2.26. The molecular weight excluding hydrogens is 250 g/mol. The Morgan fingerprint density at radius 2 is 2.24 bits per heavy atom. The molecule has 1 unspecified atom stereocenters. The molecule has 5 heteroatoms. The van der Waals surface area contributed by atoms with Crippen LogP contribution in [-0.2, 0) is 0 Å². The van der Waals surface area contributed by atoms with Gasteiger partial charge in [0.1, 0.15) is 0 Å². The van der Waals surface area contributed by atoms with Crippen molar-refractivity contribution in [3.05, 3.63) is 11.1 Å². The Morgan fingerprint density at radius 1 is 1.47 bits per heavy atom. The molecule has 1 aromatic heterocycles. The predicted molar refractivity (Wildman–Crippen MR) is 78.1 cm³/mol. The maximum atomic E-state index is 5.88. The Hall–Kier alpha value is -0.260. The summed E-state index contributed by atoms with van der Waals surface area (Å²) in [6, 6.07) is 0.0963. The van der Waals surface area contributed by atoms with E-state index in [0.29, 0.717) is 4.75 Å². The largest absolute Gasteiger partial charge is 0.347 e. The zero-order valence-electron chi connectivity index (χ0n) is 10.8. The molecule has 0 aliphatic carbocycles. The maximum Gasteiger partial charge on any atom is 0.185 e. The first-order chi connectivity index (χ1) is 7.98.